The predicted molar refractivity (Wildman–Crippen MR) is 109 cm³/mol. The van der Waals surface area contributed by atoms with Gasteiger partial charge in [0.1, 0.15) is 6.10 Å². The summed E-state index contributed by atoms with van der Waals surface area (Å²) in [5, 5.41) is 14.4. The fraction of sp³-hybridized carbons (Fsp3) is 0.304. The Balaban J connectivity index is 1.43. The first-order valence-electron chi connectivity index (χ1n) is 9.93. The van der Waals surface area contributed by atoms with Crippen molar-refractivity contribution >= 4 is 5.91 Å². The van der Waals surface area contributed by atoms with Crippen LogP contribution in [-0.2, 0) is 0 Å². The van der Waals surface area contributed by atoms with E-state index in [1.54, 1.807) is 23.1 Å². The number of carbonyl (C=O) groups excluding carboxylic acids is 1. The lowest BCUT2D eigenvalue weighted by molar-refractivity contribution is 0.0328. The number of nitrogens with zero attached hydrogens (tertiary/aromatic N) is 2. The normalized spacial score (nSPS) is 19.4. The molecule has 1 saturated heterocycles. The smallest absolute Gasteiger partial charge is 0.276 e. The van der Waals surface area contributed by atoms with Gasteiger partial charge in [-0.3, -0.25) is 4.79 Å². The Morgan fingerprint density at radius 3 is 2.67 bits per heavy atom. The molecule has 0 radical (unpaired) electrons. The summed E-state index contributed by atoms with van der Waals surface area (Å²) < 4.78 is 24.9. The highest BCUT2D eigenvalue weighted by Gasteiger charge is 2.30. The number of rotatable bonds is 4. The second-order valence-corrected chi connectivity index (χ2v) is 7.47. The maximum atomic E-state index is 13.9. The number of aliphatic hydroxyl groups is 1. The van der Waals surface area contributed by atoms with Gasteiger partial charge in [0, 0.05) is 31.1 Å². The van der Waals surface area contributed by atoms with Gasteiger partial charge in [0.15, 0.2) is 23.0 Å². The first-order chi connectivity index (χ1) is 14.5. The van der Waals surface area contributed by atoms with Crippen LogP contribution in [0.15, 0.2) is 59.1 Å². The number of benzene rings is 2. The zero-order valence-corrected chi connectivity index (χ0v) is 16.6. The molecule has 2 atom stereocenters. The molecule has 0 saturated carbocycles. The number of carbonyl (C=O) groups is 1. The third-order valence-corrected chi connectivity index (χ3v) is 5.28. The summed E-state index contributed by atoms with van der Waals surface area (Å²) in [6.45, 7) is 2.71. The van der Waals surface area contributed by atoms with Gasteiger partial charge in [0.2, 0.25) is 0 Å². The van der Waals surface area contributed by atoms with Gasteiger partial charge in [-0.15, -0.1) is 0 Å². The molecule has 2 heterocycles. The topological polar surface area (TPSA) is 75.8 Å². The van der Waals surface area contributed by atoms with Crippen LogP contribution in [0.4, 0.5) is 4.39 Å². The van der Waals surface area contributed by atoms with Crippen molar-refractivity contribution in [1.82, 2.24) is 10.1 Å². The van der Waals surface area contributed by atoms with Crippen LogP contribution in [0.2, 0.25) is 0 Å². The van der Waals surface area contributed by atoms with Crippen LogP contribution in [0.3, 0.4) is 0 Å². The van der Waals surface area contributed by atoms with Gasteiger partial charge in [-0.25, -0.2) is 4.39 Å². The van der Waals surface area contributed by atoms with Crippen molar-refractivity contribution in [2.75, 3.05) is 13.1 Å². The number of amides is 1. The van der Waals surface area contributed by atoms with Crippen molar-refractivity contribution < 1.29 is 23.6 Å². The summed E-state index contributed by atoms with van der Waals surface area (Å²) >= 11 is 0. The van der Waals surface area contributed by atoms with Crippen LogP contribution in [-0.4, -0.2) is 46.4 Å². The number of para-hydroxylation sites is 1. The molecular weight excluding hydrogens is 387 g/mol. The predicted octanol–water partition coefficient (Wildman–Crippen LogP) is 3.83. The lowest BCUT2D eigenvalue weighted by Gasteiger charge is -2.21. The molecule has 3 aromatic rings. The van der Waals surface area contributed by atoms with Gasteiger partial charge < -0.3 is 19.3 Å². The number of aromatic nitrogens is 1. The fourth-order valence-electron chi connectivity index (χ4n) is 3.50. The lowest BCUT2D eigenvalue weighted by atomic mass is 10.1. The van der Waals surface area contributed by atoms with E-state index >= 15 is 0 Å². The van der Waals surface area contributed by atoms with E-state index in [0.717, 1.165) is 11.1 Å². The molecule has 156 valence electrons. The number of hydrogen-bond acceptors (Lipinski definition) is 5. The molecule has 0 unspecified atom stereocenters. The van der Waals surface area contributed by atoms with E-state index in [2.05, 4.69) is 5.16 Å². The maximum Gasteiger partial charge on any atom is 0.276 e. The second kappa shape index (κ2) is 8.67. The number of halogens is 1. The van der Waals surface area contributed by atoms with Crippen LogP contribution >= 0.6 is 0 Å². The van der Waals surface area contributed by atoms with Crippen molar-refractivity contribution in [2.45, 2.75) is 32.0 Å². The Bertz CT molecular complexity index is 1020. The Morgan fingerprint density at radius 2 is 1.90 bits per heavy atom. The Labute approximate surface area is 173 Å². The van der Waals surface area contributed by atoms with E-state index in [1.165, 1.54) is 12.1 Å². The second-order valence-electron chi connectivity index (χ2n) is 7.47. The minimum Gasteiger partial charge on any atom is -0.485 e. The van der Waals surface area contributed by atoms with Crippen LogP contribution in [0.25, 0.3) is 11.3 Å². The summed E-state index contributed by atoms with van der Waals surface area (Å²) in [4.78, 5) is 14.5. The molecule has 1 N–H and O–H groups in total. The van der Waals surface area contributed by atoms with Gasteiger partial charge in [-0.05, 0) is 25.5 Å². The van der Waals surface area contributed by atoms with E-state index in [0.29, 0.717) is 31.7 Å². The summed E-state index contributed by atoms with van der Waals surface area (Å²) in [5.74, 6) is -0.126. The Morgan fingerprint density at radius 1 is 1.17 bits per heavy atom. The first-order valence-corrected chi connectivity index (χ1v) is 9.93. The van der Waals surface area contributed by atoms with Crippen LogP contribution in [0.1, 0.15) is 28.9 Å². The van der Waals surface area contributed by atoms with Gasteiger partial charge >= 0.3 is 0 Å². The highest BCUT2D eigenvalue weighted by Crippen LogP contribution is 2.24. The van der Waals surface area contributed by atoms with E-state index in [4.69, 9.17) is 9.26 Å². The molecule has 4 rings (SSSR count). The van der Waals surface area contributed by atoms with Gasteiger partial charge in [0.25, 0.3) is 5.91 Å². The SMILES string of the molecule is Cc1ccc(-c2cc(C(=O)N3CC[C@H](Oc4ccccc4F)[C@@H](O)CC3)no2)cc1. The molecule has 0 aliphatic carbocycles. The van der Waals surface area contributed by atoms with E-state index in [9.17, 15) is 14.3 Å². The summed E-state index contributed by atoms with van der Waals surface area (Å²) in [6, 6.07) is 15.5. The van der Waals surface area contributed by atoms with E-state index in [-0.39, 0.29) is 17.4 Å². The average Bonchev–Trinajstić information content (AvgIpc) is 3.17. The van der Waals surface area contributed by atoms with Crippen molar-refractivity contribution in [3.8, 4) is 17.1 Å². The lowest BCUT2D eigenvalue weighted by Crippen LogP contribution is -2.33. The fourth-order valence-corrected chi connectivity index (χ4v) is 3.50. The zero-order valence-electron chi connectivity index (χ0n) is 16.6. The molecule has 1 amide bonds. The number of aliphatic hydroxyl groups excluding tert-OH is 1. The van der Waals surface area contributed by atoms with Gasteiger partial charge in [-0.2, -0.15) is 0 Å². The Hall–Kier alpha value is -3.19. The summed E-state index contributed by atoms with van der Waals surface area (Å²) in [7, 11) is 0. The third-order valence-electron chi connectivity index (χ3n) is 5.28. The molecular formula is C23H23FN2O4. The van der Waals surface area contributed by atoms with E-state index in [1.807, 2.05) is 31.2 Å². The molecule has 1 aliphatic heterocycles. The average molecular weight is 410 g/mol. The van der Waals surface area contributed by atoms with Crippen LogP contribution in [0, 0.1) is 12.7 Å². The molecule has 0 bridgehead atoms. The molecule has 6 nitrogen and oxygen atoms in total. The number of aryl methyl sites for hydroxylation is 1. The molecule has 1 aromatic heterocycles. The minimum absolute atomic E-state index is 0.0977. The number of likely N-dealkylation sites (tertiary alicyclic amines) is 1. The minimum atomic E-state index is -0.803. The largest absolute Gasteiger partial charge is 0.485 e. The van der Waals surface area contributed by atoms with Gasteiger partial charge in [0.05, 0.1) is 6.10 Å². The molecule has 30 heavy (non-hydrogen) atoms. The first kappa shape index (κ1) is 20.1. The molecule has 1 fully saturated rings. The third kappa shape index (κ3) is 4.36. The molecule has 2 aromatic carbocycles. The van der Waals surface area contributed by atoms with Crippen molar-refractivity contribution in [3.63, 3.8) is 0 Å². The quantitative estimate of drug-likeness (QED) is 0.707. The molecule has 1 aliphatic rings. The standard InChI is InChI=1S/C23H23FN2O4/c1-15-6-8-16(9-7-15)22-14-18(25-30-22)23(28)26-12-10-19(27)21(11-13-26)29-20-5-3-2-4-17(20)24/h2-9,14,19,21,27H,10-13H2,1H3/t19-,21-/m0/s1. The van der Waals surface area contributed by atoms with Crippen molar-refractivity contribution in [2.24, 2.45) is 0 Å². The highest BCUT2D eigenvalue weighted by molar-refractivity contribution is 5.93. The van der Waals surface area contributed by atoms with Crippen molar-refractivity contribution in [1.29, 1.82) is 0 Å². The van der Waals surface area contributed by atoms with Crippen molar-refractivity contribution in [3.05, 3.63) is 71.7 Å². The molecule has 0 spiro atoms. The Kier molecular flexibility index (Phi) is 5.81. The highest BCUT2D eigenvalue weighted by atomic mass is 19.1. The number of hydrogen-bond donors (Lipinski definition) is 1. The van der Waals surface area contributed by atoms with Crippen LogP contribution < -0.4 is 4.74 Å². The maximum absolute atomic E-state index is 13.9. The van der Waals surface area contributed by atoms with E-state index < -0.39 is 18.0 Å². The summed E-state index contributed by atoms with van der Waals surface area (Å²) in [6.07, 6.45) is -0.694. The molecule has 7 heteroatoms. The van der Waals surface area contributed by atoms with Gasteiger partial charge in [-0.1, -0.05) is 47.1 Å². The summed E-state index contributed by atoms with van der Waals surface area (Å²) in [5.41, 5.74) is 2.19. The zero-order chi connectivity index (χ0) is 21.1. The number of ether oxygens (including phenoxy) is 1. The monoisotopic (exact) mass is 410 g/mol. The van der Waals surface area contributed by atoms with Crippen LogP contribution in [0.5, 0.6) is 5.75 Å².